The summed E-state index contributed by atoms with van der Waals surface area (Å²) in [6.45, 7) is 1.89. The number of nitrogens with zero attached hydrogens (tertiary/aromatic N) is 1. The second-order valence-electron chi connectivity index (χ2n) is 3.81. The van der Waals surface area contributed by atoms with Gasteiger partial charge in [-0.1, -0.05) is 13.3 Å². The maximum absolute atomic E-state index is 10.9. The Kier molecular flexibility index (Phi) is 3.01. The summed E-state index contributed by atoms with van der Waals surface area (Å²) in [7, 11) is 0. The molecule has 0 unspecified atom stereocenters. The van der Waals surface area contributed by atoms with Gasteiger partial charge in [-0.05, 0) is 19.3 Å². The van der Waals surface area contributed by atoms with Gasteiger partial charge in [-0.2, -0.15) is 0 Å². The average Bonchev–Trinajstić information content (AvgIpc) is 2.48. The van der Waals surface area contributed by atoms with Gasteiger partial charge in [0.05, 0.1) is 0 Å². The van der Waals surface area contributed by atoms with Crippen LogP contribution in [0.2, 0.25) is 0 Å². The highest BCUT2D eigenvalue weighted by Gasteiger charge is 2.43. The molecule has 74 valence electrons. The van der Waals surface area contributed by atoms with Crippen LogP contribution in [0.1, 0.15) is 32.6 Å². The van der Waals surface area contributed by atoms with E-state index in [1.54, 1.807) is 0 Å². The zero-order chi connectivity index (χ0) is 9.90. The Morgan fingerprint density at radius 1 is 1.69 bits per heavy atom. The van der Waals surface area contributed by atoms with Crippen LogP contribution < -0.4 is 0 Å². The van der Waals surface area contributed by atoms with Crippen LogP contribution in [-0.4, -0.2) is 17.8 Å². The maximum atomic E-state index is 10.9. The molecule has 4 heteroatoms. The number of hydrogen-bond donors (Lipinski definition) is 0. The number of nitro groups is 1. The molecule has 0 amide bonds. The van der Waals surface area contributed by atoms with Gasteiger partial charge in [0.15, 0.2) is 0 Å². The minimum atomic E-state index is -0.396. The number of carbonyl (C=O) groups is 1. The molecule has 2 atom stereocenters. The molecule has 0 aromatic heterocycles. The molecule has 1 aliphatic carbocycles. The van der Waals surface area contributed by atoms with Crippen molar-refractivity contribution in [1.29, 1.82) is 0 Å². The Morgan fingerprint density at radius 2 is 2.38 bits per heavy atom. The Balaban J connectivity index is 2.71. The second-order valence-corrected chi connectivity index (χ2v) is 3.81. The highest BCUT2D eigenvalue weighted by Crippen LogP contribution is 2.44. The lowest BCUT2D eigenvalue weighted by molar-refractivity contribution is -0.490. The lowest BCUT2D eigenvalue weighted by atomic mass is 9.77. The summed E-state index contributed by atoms with van der Waals surface area (Å²) in [5.74, 6) is -0.0370. The monoisotopic (exact) mass is 185 g/mol. The van der Waals surface area contributed by atoms with Crippen LogP contribution in [-0.2, 0) is 4.79 Å². The molecule has 1 aliphatic rings. The van der Waals surface area contributed by atoms with Crippen LogP contribution in [0, 0.1) is 21.4 Å². The minimum absolute atomic E-state index is 0.0370. The molecule has 0 aliphatic heterocycles. The molecule has 0 heterocycles. The van der Waals surface area contributed by atoms with Crippen molar-refractivity contribution in [2.75, 3.05) is 6.54 Å². The fourth-order valence-electron chi connectivity index (χ4n) is 2.33. The van der Waals surface area contributed by atoms with Gasteiger partial charge >= 0.3 is 0 Å². The van der Waals surface area contributed by atoms with Crippen molar-refractivity contribution < 1.29 is 9.72 Å². The Bertz CT molecular complexity index is 217. The third kappa shape index (κ3) is 1.87. The van der Waals surface area contributed by atoms with E-state index in [1.807, 2.05) is 6.92 Å². The first-order valence-corrected chi connectivity index (χ1v) is 4.73. The molecule has 0 saturated heterocycles. The summed E-state index contributed by atoms with van der Waals surface area (Å²) in [6.07, 6.45) is 4.27. The molecule has 0 bridgehead atoms. The predicted octanol–water partition coefficient (Wildman–Crippen LogP) is 1.66. The van der Waals surface area contributed by atoms with E-state index in [0.717, 1.165) is 32.0 Å². The van der Waals surface area contributed by atoms with Crippen LogP contribution in [0.4, 0.5) is 0 Å². The van der Waals surface area contributed by atoms with Gasteiger partial charge in [-0.3, -0.25) is 10.1 Å². The van der Waals surface area contributed by atoms with E-state index in [9.17, 15) is 14.9 Å². The standard InChI is InChI=1S/C9H15NO3/c1-2-9(7-11)5-3-4-8(9)6-10(12)13/h7-8H,2-6H2,1H3/t8-,9-/m0/s1. The molecular weight excluding hydrogens is 170 g/mol. The molecule has 0 aromatic carbocycles. The quantitative estimate of drug-likeness (QED) is 0.380. The van der Waals surface area contributed by atoms with Crippen molar-refractivity contribution in [3.8, 4) is 0 Å². The van der Waals surface area contributed by atoms with E-state index in [4.69, 9.17) is 0 Å². The summed E-state index contributed by atoms with van der Waals surface area (Å²) in [5, 5.41) is 10.4. The van der Waals surface area contributed by atoms with Gasteiger partial charge < -0.3 is 4.79 Å². The average molecular weight is 185 g/mol. The summed E-state index contributed by atoms with van der Waals surface area (Å²) in [4.78, 5) is 21.0. The van der Waals surface area contributed by atoms with E-state index in [1.165, 1.54) is 0 Å². The van der Waals surface area contributed by atoms with E-state index in [0.29, 0.717) is 0 Å². The third-order valence-electron chi connectivity index (χ3n) is 3.27. The third-order valence-corrected chi connectivity index (χ3v) is 3.27. The van der Waals surface area contributed by atoms with Gasteiger partial charge in [0.25, 0.3) is 0 Å². The van der Waals surface area contributed by atoms with Crippen LogP contribution in [0.15, 0.2) is 0 Å². The zero-order valence-electron chi connectivity index (χ0n) is 7.86. The second kappa shape index (κ2) is 3.85. The fourth-order valence-corrected chi connectivity index (χ4v) is 2.33. The first-order chi connectivity index (χ1) is 6.14. The Morgan fingerprint density at radius 3 is 2.85 bits per heavy atom. The van der Waals surface area contributed by atoms with E-state index in [2.05, 4.69) is 0 Å². The number of aldehydes is 1. The Hall–Kier alpha value is -0.930. The summed E-state index contributed by atoms with van der Waals surface area (Å²) in [6, 6.07) is 0. The molecule has 0 N–H and O–H groups in total. The van der Waals surface area contributed by atoms with Crippen molar-refractivity contribution in [2.45, 2.75) is 32.6 Å². The van der Waals surface area contributed by atoms with Gasteiger partial charge in [0.1, 0.15) is 6.29 Å². The summed E-state index contributed by atoms with van der Waals surface area (Å²) >= 11 is 0. The van der Waals surface area contributed by atoms with E-state index >= 15 is 0 Å². The van der Waals surface area contributed by atoms with Crippen LogP contribution in [0.25, 0.3) is 0 Å². The Labute approximate surface area is 77.5 Å². The number of rotatable bonds is 4. The van der Waals surface area contributed by atoms with Crippen LogP contribution in [0.3, 0.4) is 0 Å². The van der Waals surface area contributed by atoms with E-state index < -0.39 is 5.41 Å². The van der Waals surface area contributed by atoms with Crippen molar-refractivity contribution in [3.05, 3.63) is 10.1 Å². The van der Waals surface area contributed by atoms with Gasteiger partial charge in [-0.15, -0.1) is 0 Å². The molecule has 1 rings (SSSR count). The molecule has 13 heavy (non-hydrogen) atoms. The van der Waals surface area contributed by atoms with Gasteiger partial charge in [-0.25, -0.2) is 0 Å². The minimum Gasteiger partial charge on any atom is -0.303 e. The molecule has 0 spiro atoms. The van der Waals surface area contributed by atoms with Crippen molar-refractivity contribution in [2.24, 2.45) is 11.3 Å². The molecule has 0 radical (unpaired) electrons. The van der Waals surface area contributed by atoms with Crippen molar-refractivity contribution in [1.82, 2.24) is 0 Å². The molecule has 0 aromatic rings. The highest BCUT2D eigenvalue weighted by atomic mass is 16.6. The first kappa shape index (κ1) is 10.2. The topological polar surface area (TPSA) is 60.2 Å². The van der Waals surface area contributed by atoms with E-state index in [-0.39, 0.29) is 17.4 Å². The maximum Gasteiger partial charge on any atom is 0.207 e. The number of hydrogen-bond acceptors (Lipinski definition) is 3. The van der Waals surface area contributed by atoms with Crippen LogP contribution >= 0.6 is 0 Å². The SMILES string of the molecule is CC[C@@]1(C=O)CCC[C@H]1C[N+](=O)[O-]. The van der Waals surface area contributed by atoms with Gasteiger partial charge in [0, 0.05) is 16.3 Å². The van der Waals surface area contributed by atoms with Crippen molar-refractivity contribution in [3.63, 3.8) is 0 Å². The summed E-state index contributed by atoms with van der Waals surface area (Å²) in [5.41, 5.74) is -0.396. The fraction of sp³-hybridized carbons (Fsp3) is 0.889. The largest absolute Gasteiger partial charge is 0.303 e. The molecule has 1 saturated carbocycles. The molecular formula is C9H15NO3. The zero-order valence-corrected chi connectivity index (χ0v) is 7.86. The lowest BCUT2D eigenvalue weighted by Gasteiger charge is -2.25. The highest BCUT2D eigenvalue weighted by molar-refractivity contribution is 5.60. The first-order valence-electron chi connectivity index (χ1n) is 4.73. The predicted molar refractivity (Wildman–Crippen MR) is 48.0 cm³/mol. The smallest absolute Gasteiger partial charge is 0.207 e. The molecule has 1 fully saturated rings. The van der Waals surface area contributed by atoms with Crippen LogP contribution in [0.5, 0.6) is 0 Å². The van der Waals surface area contributed by atoms with Crippen molar-refractivity contribution >= 4 is 6.29 Å². The summed E-state index contributed by atoms with van der Waals surface area (Å²) < 4.78 is 0. The number of carbonyl (C=O) groups excluding carboxylic acids is 1. The molecule has 4 nitrogen and oxygen atoms in total. The van der Waals surface area contributed by atoms with Gasteiger partial charge in [0.2, 0.25) is 6.54 Å². The lowest BCUT2D eigenvalue weighted by Crippen LogP contribution is -2.31. The normalized spacial score (nSPS) is 33.2.